The van der Waals surface area contributed by atoms with Crippen molar-refractivity contribution in [2.75, 3.05) is 23.3 Å². The van der Waals surface area contributed by atoms with Gasteiger partial charge >= 0.3 is 6.03 Å². The summed E-state index contributed by atoms with van der Waals surface area (Å²) in [5, 5.41) is 10.2. The molecule has 0 bridgehead atoms. The van der Waals surface area contributed by atoms with Crippen molar-refractivity contribution in [3.05, 3.63) is 71.5 Å². The summed E-state index contributed by atoms with van der Waals surface area (Å²) in [6, 6.07) is 15.1. The Labute approximate surface area is 169 Å². The maximum absolute atomic E-state index is 12.9. The molecule has 148 valence electrons. The minimum atomic E-state index is -0.234. The van der Waals surface area contributed by atoms with Crippen molar-refractivity contribution in [3.63, 3.8) is 0 Å². The van der Waals surface area contributed by atoms with Crippen LogP contribution in [0.15, 0.2) is 54.7 Å². The predicted octanol–water partition coefficient (Wildman–Crippen LogP) is 3.66. The van der Waals surface area contributed by atoms with Crippen LogP contribution in [0.25, 0.3) is 5.69 Å². The van der Waals surface area contributed by atoms with Crippen molar-refractivity contribution in [2.45, 2.75) is 20.3 Å². The van der Waals surface area contributed by atoms with Gasteiger partial charge in [0, 0.05) is 24.5 Å². The van der Waals surface area contributed by atoms with Crippen LogP contribution in [0.5, 0.6) is 0 Å². The fourth-order valence-corrected chi connectivity index (χ4v) is 3.50. The lowest BCUT2D eigenvalue weighted by Gasteiger charge is -2.27. The summed E-state index contributed by atoms with van der Waals surface area (Å²) in [6.07, 6.45) is 2.47. The van der Waals surface area contributed by atoms with Crippen LogP contribution < -0.4 is 15.5 Å². The van der Waals surface area contributed by atoms with E-state index in [0.29, 0.717) is 24.3 Å². The highest BCUT2D eigenvalue weighted by molar-refractivity contribution is 6.05. The summed E-state index contributed by atoms with van der Waals surface area (Å²) in [6.45, 7) is 5.24. The zero-order chi connectivity index (χ0) is 20.4. The lowest BCUT2D eigenvalue weighted by molar-refractivity contribution is 0.102. The molecule has 2 N–H and O–H groups in total. The summed E-state index contributed by atoms with van der Waals surface area (Å²) in [5.74, 6) is -0.234. The zero-order valence-corrected chi connectivity index (χ0v) is 16.5. The number of carbonyl (C=O) groups is 2. The van der Waals surface area contributed by atoms with Gasteiger partial charge in [0.25, 0.3) is 5.91 Å². The Kier molecular flexibility index (Phi) is 5.03. The van der Waals surface area contributed by atoms with Gasteiger partial charge in [-0.1, -0.05) is 24.3 Å². The van der Waals surface area contributed by atoms with Crippen LogP contribution in [0.3, 0.4) is 0 Å². The van der Waals surface area contributed by atoms with Crippen LogP contribution >= 0.6 is 0 Å². The fourth-order valence-electron chi connectivity index (χ4n) is 3.50. The number of nitrogens with zero attached hydrogens (tertiary/aromatic N) is 3. The van der Waals surface area contributed by atoms with Gasteiger partial charge in [0.1, 0.15) is 0 Å². The first kappa shape index (κ1) is 18.7. The Bertz CT molecular complexity index is 1070. The van der Waals surface area contributed by atoms with Gasteiger partial charge in [-0.25, -0.2) is 9.48 Å². The zero-order valence-electron chi connectivity index (χ0n) is 16.5. The molecule has 1 aromatic heterocycles. The number of nitrogens with one attached hydrogen (secondary N) is 2. The van der Waals surface area contributed by atoms with Crippen LogP contribution in [0.1, 0.15) is 28.0 Å². The summed E-state index contributed by atoms with van der Waals surface area (Å²) < 4.78 is 1.78. The second-order valence-corrected chi connectivity index (χ2v) is 7.08. The molecule has 2 aromatic carbocycles. The fraction of sp³-hybridized carbons (Fsp3) is 0.227. The minimum absolute atomic E-state index is 0.116. The highest BCUT2D eigenvalue weighted by Gasteiger charge is 2.20. The summed E-state index contributed by atoms with van der Waals surface area (Å²) in [5.41, 5.74) is 4.69. The number of urea groups is 1. The van der Waals surface area contributed by atoms with E-state index >= 15 is 0 Å². The molecular weight excluding hydrogens is 366 g/mol. The van der Waals surface area contributed by atoms with E-state index in [4.69, 9.17) is 0 Å². The second-order valence-electron chi connectivity index (χ2n) is 7.08. The third-order valence-electron chi connectivity index (χ3n) is 5.09. The monoisotopic (exact) mass is 389 g/mol. The average molecular weight is 389 g/mol. The smallest absolute Gasteiger partial charge is 0.321 e. The molecule has 2 heterocycles. The molecule has 0 saturated carbocycles. The van der Waals surface area contributed by atoms with Crippen LogP contribution in [-0.2, 0) is 0 Å². The summed E-state index contributed by atoms with van der Waals surface area (Å²) in [4.78, 5) is 26.6. The van der Waals surface area contributed by atoms with Crippen molar-refractivity contribution >= 4 is 23.3 Å². The van der Waals surface area contributed by atoms with Gasteiger partial charge < -0.3 is 10.6 Å². The first-order chi connectivity index (χ1) is 14.0. The largest absolute Gasteiger partial charge is 0.338 e. The molecule has 0 radical (unpaired) electrons. The van der Waals surface area contributed by atoms with E-state index in [1.807, 2.05) is 62.4 Å². The van der Waals surface area contributed by atoms with Crippen molar-refractivity contribution in [2.24, 2.45) is 0 Å². The third kappa shape index (κ3) is 3.71. The summed E-state index contributed by atoms with van der Waals surface area (Å²) in [7, 11) is 0. The first-order valence-electron chi connectivity index (χ1n) is 9.62. The number of anilines is 2. The number of para-hydroxylation sites is 1. The molecule has 0 aliphatic carbocycles. The quantitative estimate of drug-likeness (QED) is 0.715. The van der Waals surface area contributed by atoms with E-state index in [1.165, 1.54) is 0 Å². The lowest BCUT2D eigenvalue weighted by Crippen LogP contribution is -2.46. The Morgan fingerprint density at radius 2 is 1.97 bits per heavy atom. The van der Waals surface area contributed by atoms with Crippen molar-refractivity contribution in [1.82, 2.24) is 15.1 Å². The number of hydrogen-bond acceptors (Lipinski definition) is 3. The Morgan fingerprint density at radius 3 is 2.76 bits per heavy atom. The highest BCUT2D eigenvalue weighted by Crippen LogP contribution is 2.23. The number of carbonyl (C=O) groups excluding carboxylic acids is 2. The van der Waals surface area contributed by atoms with Gasteiger partial charge in [-0.2, -0.15) is 5.10 Å². The molecule has 1 aliphatic heterocycles. The van der Waals surface area contributed by atoms with Crippen LogP contribution in [0.2, 0.25) is 0 Å². The molecule has 7 nitrogen and oxygen atoms in total. The lowest BCUT2D eigenvalue weighted by atomic mass is 10.2. The van der Waals surface area contributed by atoms with E-state index < -0.39 is 0 Å². The molecule has 1 fully saturated rings. The van der Waals surface area contributed by atoms with Gasteiger partial charge in [-0.15, -0.1) is 0 Å². The van der Waals surface area contributed by atoms with E-state index in [9.17, 15) is 9.59 Å². The molecule has 29 heavy (non-hydrogen) atoms. The van der Waals surface area contributed by atoms with E-state index in [0.717, 1.165) is 29.1 Å². The second kappa shape index (κ2) is 7.79. The molecule has 1 saturated heterocycles. The van der Waals surface area contributed by atoms with Crippen molar-refractivity contribution in [3.8, 4) is 5.69 Å². The normalized spacial score (nSPS) is 13.9. The van der Waals surface area contributed by atoms with Gasteiger partial charge in [-0.05, 0) is 50.1 Å². The van der Waals surface area contributed by atoms with Crippen molar-refractivity contribution < 1.29 is 9.59 Å². The van der Waals surface area contributed by atoms with Crippen LogP contribution in [0, 0.1) is 13.8 Å². The first-order valence-corrected chi connectivity index (χ1v) is 9.62. The topological polar surface area (TPSA) is 79.3 Å². The number of rotatable bonds is 4. The molecule has 3 aromatic rings. The van der Waals surface area contributed by atoms with Gasteiger partial charge in [0.2, 0.25) is 0 Å². The standard InChI is InChI=1S/C22H23N5O2/c1-15-7-3-4-10-20(15)27-16(2)19(14-24-27)21(28)25-17-8-5-9-18(13-17)26-12-6-11-23-22(26)29/h3-5,7-10,13-14H,6,11-12H2,1-2H3,(H,23,29)(H,25,28). The van der Waals surface area contributed by atoms with E-state index in [2.05, 4.69) is 15.7 Å². The molecule has 0 atom stereocenters. The van der Waals surface area contributed by atoms with Gasteiger partial charge in [0.05, 0.1) is 23.1 Å². The number of benzene rings is 2. The number of aromatic nitrogens is 2. The number of aryl methyl sites for hydroxylation is 1. The molecular formula is C22H23N5O2. The Balaban J connectivity index is 1.55. The number of hydrogen-bond donors (Lipinski definition) is 2. The Morgan fingerprint density at radius 1 is 1.14 bits per heavy atom. The predicted molar refractivity (Wildman–Crippen MR) is 113 cm³/mol. The third-order valence-corrected chi connectivity index (χ3v) is 5.09. The average Bonchev–Trinajstić information content (AvgIpc) is 3.10. The summed E-state index contributed by atoms with van der Waals surface area (Å²) >= 11 is 0. The molecule has 0 spiro atoms. The highest BCUT2D eigenvalue weighted by atomic mass is 16.2. The molecule has 7 heteroatoms. The van der Waals surface area contributed by atoms with E-state index in [1.54, 1.807) is 15.8 Å². The van der Waals surface area contributed by atoms with Gasteiger partial charge in [0.15, 0.2) is 0 Å². The number of amides is 3. The molecule has 1 aliphatic rings. The molecule has 3 amide bonds. The van der Waals surface area contributed by atoms with Crippen LogP contribution in [-0.4, -0.2) is 34.8 Å². The van der Waals surface area contributed by atoms with Gasteiger partial charge in [-0.3, -0.25) is 9.69 Å². The van der Waals surface area contributed by atoms with Crippen LogP contribution in [0.4, 0.5) is 16.2 Å². The van der Waals surface area contributed by atoms with E-state index in [-0.39, 0.29) is 11.9 Å². The minimum Gasteiger partial charge on any atom is -0.338 e. The maximum Gasteiger partial charge on any atom is 0.321 e. The molecule has 4 rings (SSSR count). The molecule has 0 unspecified atom stereocenters. The Hall–Kier alpha value is -3.61. The maximum atomic E-state index is 12.9. The SMILES string of the molecule is Cc1ccccc1-n1ncc(C(=O)Nc2cccc(N3CCCNC3=O)c2)c1C. The van der Waals surface area contributed by atoms with Crippen molar-refractivity contribution in [1.29, 1.82) is 0 Å².